The molecule has 6 nitrogen and oxygen atoms in total. The summed E-state index contributed by atoms with van der Waals surface area (Å²) in [5.74, 6) is -1.96. The van der Waals surface area contributed by atoms with Gasteiger partial charge in [-0.2, -0.15) is 0 Å². The molecule has 0 amide bonds. The molecule has 0 aromatic rings. The quantitative estimate of drug-likeness (QED) is 0.486. The highest BCUT2D eigenvalue weighted by Gasteiger charge is 1.91. The molecule has 0 aromatic carbocycles. The molecule has 0 bridgehead atoms. The minimum absolute atomic E-state index is 0.833. The van der Waals surface area contributed by atoms with E-state index in [9.17, 15) is 9.59 Å². The Morgan fingerprint density at radius 2 is 1.06 bits per heavy atom. The predicted molar refractivity (Wildman–Crippen MR) is 61.4 cm³/mol. The van der Waals surface area contributed by atoms with E-state index in [0.29, 0.717) is 0 Å². The van der Waals surface area contributed by atoms with Gasteiger partial charge in [0.15, 0.2) is 0 Å². The molecule has 0 aliphatic carbocycles. The Balaban J connectivity index is 0. The van der Waals surface area contributed by atoms with Gasteiger partial charge in [0, 0.05) is 38.3 Å². The summed E-state index contributed by atoms with van der Waals surface area (Å²) in [4.78, 5) is 18.5. The van der Waals surface area contributed by atoms with Gasteiger partial charge < -0.3 is 20.8 Å². The van der Waals surface area contributed by atoms with Gasteiger partial charge in [0.1, 0.15) is 0 Å². The number of piperazine rings is 1. The lowest BCUT2D eigenvalue weighted by Gasteiger charge is -2.11. The van der Waals surface area contributed by atoms with Gasteiger partial charge in [-0.05, 0) is 0 Å². The van der Waals surface area contributed by atoms with Gasteiger partial charge in [-0.25, -0.2) is 9.59 Å². The molecule has 0 saturated carbocycles. The van der Waals surface area contributed by atoms with Gasteiger partial charge in [0.2, 0.25) is 0 Å². The minimum Gasteiger partial charge on any atom is -0.478 e. The number of carboxylic acids is 2. The molecule has 0 radical (unpaired) electrons. The number of hydrogen-bond donors (Lipinski definition) is 4. The molecule has 0 atom stereocenters. The normalized spacial score (nSPS) is 13.0. The summed E-state index contributed by atoms with van der Waals surface area (Å²) in [6, 6.07) is 0. The molecule has 1 saturated heterocycles. The van der Waals surface area contributed by atoms with E-state index in [-0.39, 0.29) is 0 Å². The largest absolute Gasteiger partial charge is 0.478 e. The first-order valence-electron chi connectivity index (χ1n) is 4.66. The van der Waals surface area contributed by atoms with Crippen molar-refractivity contribution < 1.29 is 19.8 Å². The molecule has 0 spiro atoms. The lowest BCUT2D eigenvalue weighted by molar-refractivity contribution is -0.132. The zero-order valence-corrected chi connectivity index (χ0v) is 9.11. The smallest absolute Gasteiger partial charge is 0.327 e. The molecule has 0 unspecified atom stereocenters. The maximum absolute atomic E-state index is 9.25. The van der Waals surface area contributed by atoms with Crippen LogP contribution < -0.4 is 10.6 Å². The summed E-state index contributed by atoms with van der Waals surface area (Å²) in [6.45, 7) is 10.5. The van der Waals surface area contributed by atoms with E-state index in [4.69, 9.17) is 10.2 Å². The average molecular weight is 230 g/mol. The lowest BCUT2D eigenvalue weighted by atomic mass is 10.4. The van der Waals surface area contributed by atoms with E-state index in [1.807, 2.05) is 0 Å². The van der Waals surface area contributed by atoms with Crippen LogP contribution in [0, 0.1) is 0 Å². The van der Waals surface area contributed by atoms with E-state index in [1.54, 1.807) is 0 Å². The van der Waals surface area contributed by atoms with Crippen molar-refractivity contribution in [2.45, 2.75) is 0 Å². The number of carboxylic acid groups (broad SMARTS) is 2. The molecule has 1 rings (SSSR count). The van der Waals surface area contributed by atoms with Crippen LogP contribution in [0.2, 0.25) is 0 Å². The van der Waals surface area contributed by atoms with Crippen molar-refractivity contribution in [3.63, 3.8) is 0 Å². The van der Waals surface area contributed by atoms with E-state index in [2.05, 4.69) is 23.8 Å². The van der Waals surface area contributed by atoms with Crippen molar-refractivity contribution in [2.75, 3.05) is 26.2 Å². The Labute approximate surface area is 94.7 Å². The van der Waals surface area contributed by atoms with Gasteiger partial charge in [-0.3, -0.25) is 0 Å². The Kier molecular flexibility index (Phi) is 14.0. The molecule has 1 fully saturated rings. The first-order valence-corrected chi connectivity index (χ1v) is 4.66. The van der Waals surface area contributed by atoms with Crippen LogP contribution in [0.5, 0.6) is 0 Å². The zero-order valence-electron chi connectivity index (χ0n) is 9.11. The minimum atomic E-state index is -0.981. The number of aliphatic carboxylic acids is 2. The highest BCUT2D eigenvalue weighted by molar-refractivity contribution is 5.79. The van der Waals surface area contributed by atoms with Crippen LogP contribution in [0.3, 0.4) is 0 Å². The van der Waals surface area contributed by atoms with E-state index in [0.717, 1.165) is 38.3 Å². The highest BCUT2D eigenvalue weighted by atomic mass is 16.4. The van der Waals surface area contributed by atoms with E-state index in [1.165, 1.54) is 0 Å². The molecule has 1 aliphatic rings. The Morgan fingerprint density at radius 1 is 0.875 bits per heavy atom. The third-order valence-electron chi connectivity index (χ3n) is 1.31. The zero-order chi connectivity index (χ0) is 12.8. The van der Waals surface area contributed by atoms with Crippen LogP contribution in [0.4, 0.5) is 0 Å². The molecular weight excluding hydrogens is 212 g/mol. The number of nitrogens with one attached hydrogen (secondary N) is 2. The average Bonchev–Trinajstić information content (AvgIpc) is 2.32. The second-order valence-corrected chi connectivity index (χ2v) is 2.58. The summed E-state index contributed by atoms with van der Waals surface area (Å²) in [6.07, 6.45) is 1.67. The van der Waals surface area contributed by atoms with Crippen LogP contribution in [0.25, 0.3) is 0 Å². The predicted octanol–water partition coefficient (Wildman–Crippen LogP) is -0.307. The molecule has 6 heteroatoms. The second kappa shape index (κ2) is 13.3. The fourth-order valence-corrected chi connectivity index (χ4v) is 0.604. The van der Waals surface area contributed by atoms with Crippen molar-refractivity contribution in [3.8, 4) is 0 Å². The first kappa shape index (κ1) is 16.8. The standard InChI is InChI=1S/C4H10N2.2C3H4O2/c1-2-6-4-3-5-1;2*1-2-3(4)5/h5-6H,1-4H2;2*2H,1H2,(H,4,5). The molecule has 92 valence electrons. The van der Waals surface area contributed by atoms with Gasteiger partial charge >= 0.3 is 11.9 Å². The van der Waals surface area contributed by atoms with Crippen molar-refractivity contribution in [3.05, 3.63) is 25.3 Å². The lowest BCUT2D eigenvalue weighted by Crippen LogP contribution is -2.39. The van der Waals surface area contributed by atoms with E-state index >= 15 is 0 Å². The summed E-state index contributed by atoms with van der Waals surface area (Å²) in [5.41, 5.74) is 0. The number of carbonyl (C=O) groups is 2. The molecule has 16 heavy (non-hydrogen) atoms. The SMILES string of the molecule is C1CNCCN1.C=CC(=O)O.C=CC(=O)O. The highest BCUT2D eigenvalue weighted by Crippen LogP contribution is 1.65. The van der Waals surface area contributed by atoms with Crippen LogP contribution in [-0.4, -0.2) is 48.3 Å². The second-order valence-electron chi connectivity index (χ2n) is 2.58. The van der Waals surface area contributed by atoms with Gasteiger partial charge in [0.05, 0.1) is 0 Å². The van der Waals surface area contributed by atoms with E-state index < -0.39 is 11.9 Å². The Morgan fingerprint density at radius 3 is 1.12 bits per heavy atom. The molecule has 1 heterocycles. The fraction of sp³-hybridized carbons (Fsp3) is 0.400. The summed E-state index contributed by atoms with van der Waals surface area (Å²) in [5, 5.41) is 21.7. The Hall–Kier alpha value is -1.66. The third-order valence-corrected chi connectivity index (χ3v) is 1.31. The summed E-state index contributed by atoms with van der Waals surface area (Å²) >= 11 is 0. The maximum atomic E-state index is 9.25. The van der Waals surface area contributed by atoms with Gasteiger partial charge in [-0.1, -0.05) is 13.2 Å². The third kappa shape index (κ3) is 22.8. The summed E-state index contributed by atoms with van der Waals surface area (Å²) in [7, 11) is 0. The van der Waals surface area contributed by atoms with Crippen LogP contribution in [0.15, 0.2) is 25.3 Å². The molecule has 0 aromatic heterocycles. The van der Waals surface area contributed by atoms with Crippen molar-refractivity contribution in [1.82, 2.24) is 10.6 Å². The molecule has 4 N–H and O–H groups in total. The van der Waals surface area contributed by atoms with Gasteiger partial charge in [0.25, 0.3) is 0 Å². The monoisotopic (exact) mass is 230 g/mol. The van der Waals surface area contributed by atoms with Crippen molar-refractivity contribution >= 4 is 11.9 Å². The van der Waals surface area contributed by atoms with Crippen molar-refractivity contribution in [1.29, 1.82) is 0 Å². The van der Waals surface area contributed by atoms with Crippen LogP contribution >= 0.6 is 0 Å². The molecule has 1 aliphatic heterocycles. The maximum Gasteiger partial charge on any atom is 0.327 e. The van der Waals surface area contributed by atoms with Gasteiger partial charge in [-0.15, -0.1) is 0 Å². The van der Waals surface area contributed by atoms with Crippen molar-refractivity contribution in [2.24, 2.45) is 0 Å². The number of hydrogen-bond acceptors (Lipinski definition) is 4. The first-order chi connectivity index (χ1) is 7.54. The fourth-order valence-electron chi connectivity index (χ4n) is 0.604. The number of rotatable bonds is 2. The van der Waals surface area contributed by atoms with Crippen LogP contribution in [-0.2, 0) is 9.59 Å². The molecular formula is C10H18N2O4. The summed E-state index contributed by atoms with van der Waals surface area (Å²) < 4.78 is 0. The topological polar surface area (TPSA) is 98.7 Å². The Bertz CT molecular complexity index is 195. The van der Waals surface area contributed by atoms with Crippen LogP contribution in [0.1, 0.15) is 0 Å².